The first kappa shape index (κ1) is 12.2. The van der Waals surface area contributed by atoms with Gasteiger partial charge < -0.3 is 10.3 Å². The van der Waals surface area contributed by atoms with Crippen LogP contribution in [0.1, 0.15) is 12.8 Å². The van der Waals surface area contributed by atoms with Crippen molar-refractivity contribution in [1.82, 2.24) is 9.97 Å². The van der Waals surface area contributed by atoms with Crippen LogP contribution in [0.5, 0.6) is 0 Å². The summed E-state index contributed by atoms with van der Waals surface area (Å²) in [5.41, 5.74) is 1.45. The first-order valence-electron chi connectivity index (χ1n) is 6.14. The van der Waals surface area contributed by atoms with Crippen molar-refractivity contribution in [1.29, 1.82) is 0 Å². The van der Waals surface area contributed by atoms with Gasteiger partial charge in [0.25, 0.3) is 5.69 Å². The van der Waals surface area contributed by atoms with Crippen molar-refractivity contribution >= 4 is 34.3 Å². The van der Waals surface area contributed by atoms with Crippen molar-refractivity contribution in [2.45, 2.75) is 18.2 Å². The van der Waals surface area contributed by atoms with Gasteiger partial charge in [-0.05, 0) is 24.8 Å². The monoisotopic (exact) mass is 280 g/mol. The van der Waals surface area contributed by atoms with Crippen molar-refractivity contribution in [2.24, 2.45) is 5.92 Å². The Labute approximate surface area is 114 Å². The van der Waals surface area contributed by atoms with Crippen molar-refractivity contribution in [2.75, 3.05) is 11.9 Å². The number of rotatable bonds is 4. The summed E-state index contributed by atoms with van der Waals surface area (Å²) >= 11 is 5.92. The number of nitro benzene ring substituents is 1. The maximum absolute atomic E-state index is 10.7. The Kier molecular flexibility index (Phi) is 3.02. The van der Waals surface area contributed by atoms with Crippen molar-refractivity contribution in [3.63, 3.8) is 0 Å². The predicted octanol–water partition coefficient (Wildman–Crippen LogP) is 2.90. The maximum Gasteiger partial charge on any atom is 0.271 e. The van der Waals surface area contributed by atoms with Crippen LogP contribution in [0, 0.1) is 16.0 Å². The summed E-state index contributed by atoms with van der Waals surface area (Å²) in [6.07, 6.45) is 2.06. The summed E-state index contributed by atoms with van der Waals surface area (Å²) in [6.45, 7) is 0.825. The van der Waals surface area contributed by atoms with Crippen LogP contribution in [0.15, 0.2) is 18.2 Å². The van der Waals surface area contributed by atoms with Crippen LogP contribution in [-0.2, 0) is 0 Å². The van der Waals surface area contributed by atoms with E-state index in [1.54, 1.807) is 6.07 Å². The second-order valence-electron chi connectivity index (χ2n) is 4.86. The van der Waals surface area contributed by atoms with Crippen LogP contribution >= 0.6 is 11.6 Å². The largest absolute Gasteiger partial charge is 0.356 e. The minimum Gasteiger partial charge on any atom is -0.356 e. The molecule has 2 aromatic rings. The van der Waals surface area contributed by atoms with Gasteiger partial charge in [-0.25, -0.2) is 4.98 Å². The van der Waals surface area contributed by atoms with E-state index in [9.17, 15) is 10.1 Å². The number of non-ortho nitro benzene ring substituents is 1. The van der Waals surface area contributed by atoms with E-state index in [0.717, 1.165) is 24.9 Å². The highest BCUT2D eigenvalue weighted by atomic mass is 35.5. The lowest BCUT2D eigenvalue weighted by atomic mass is 9.85. The number of nitrogens with zero attached hydrogens (tertiary/aromatic N) is 2. The molecule has 19 heavy (non-hydrogen) atoms. The Morgan fingerprint density at radius 1 is 1.53 bits per heavy atom. The fourth-order valence-electron chi connectivity index (χ4n) is 2.26. The topological polar surface area (TPSA) is 83.8 Å². The molecule has 0 aliphatic heterocycles. The number of nitro groups is 1. The third kappa shape index (κ3) is 2.49. The van der Waals surface area contributed by atoms with Crippen LogP contribution < -0.4 is 5.32 Å². The number of nitrogens with one attached hydrogen (secondary N) is 2. The van der Waals surface area contributed by atoms with E-state index >= 15 is 0 Å². The van der Waals surface area contributed by atoms with E-state index in [0.29, 0.717) is 22.8 Å². The number of hydrogen-bond acceptors (Lipinski definition) is 4. The standard InChI is InChI=1S/C12H13ClN4O2/c13-8-3-7(4-8)6-14-12-15-10-2-1-9(17(18)19)5-11(10)16-12/h1-2,5,7-8H,3-4,6H2,(H2,14,15,16). The summed E-state index contributed by atoms with van der Waals surface area (Å²) in [4.78, 5) is 17.7. The quantitative estimate of drug-likeness (QED) is 0.512. The first-order chi connectivity index (χ1) is 9.11. The summed E-state index contributed by atoms with van der Waals surface area (Å²) in [6, 6.07) is 4.59. The zero-order chi connectivity index (χ0) is 13.4. The van der Waals surface area contributed by atoms with E-state index in [4.69, 9.17) is 11.6 Å². The highest BCUT2D eigenvalue weighted by Crippen LogP contribution is 2.31. The molecule has 1 aromatic carbocycles. The minimum atomic E-state index is -0.414. The number of halogens is 1. The predicted molar refractivity (Wildman–Crippen MR) is 73.6 cm³/mol. The molecule has 0 spiro atoms. The van der Waals surface area contributed by atoms with Crippen molar-refractivity contribution in [3.8, 4) is 0 Å². The summed E-state index contributed by atoms with van der Waals surface area (Å²) in [7, 11) is 0. The van der Waals surface area contributed by atoms with Crippen LogP contribution in [-0.4, -0.2) is 26.8 Å². The third-order valence-corrected chi connectivity index (χ3v) is 3.77. The van der Waals surface area contributed by atoms with Crippen molar-refractivity contribution < 1.29 is 4.92 Å². The van der Waals surface area contributed by atoms with E-state index in [1.165, 1.54) is 12.1 Å². The maximum atomic E-state index is 10.7. The SMILES string of the molecule is O=[N+]([O-])c1ccc2nc(NCC3CC(Cl)C3)[nH]c2c1. The molecule has 1 heterocycles. The minimum absolute atomic E-state index is 0.0617. The Balaban J connectivity index is 1.72. The third-order valence-electron chi connectivity index (χ3n) is 3.41. The zero-order valence-electron chi connectivity index (χ0n) is 10.1. The highest BCUT2D eigenvalue weighted by Gasteiger charge is 2.26. The lowest BCUT2D eigenvalue weighted by molar-refractivity contribution is -0.384. The van der Waals surface area contributed by atoms with Gasteiger partial charge in [0, 0.05) is 24.1 Å². The molecular formula is C12H13ClN4O2. The van der Waals surface area contributed by atoms with Gasteiger partial charge >= 0.3 is 0 Å². The van der Waals surface area contributed by atoms with E-state index < -0.39 is 4.92 Å². The highest BCUT2D eigenvalue weighted by molar-refractivity contribution is 6.21. The molecular weight excluding hydrogens is 268 g/mol. The average Bonchev–Trinajstić information content (AvgIpc) is 2.74. The van der Waals surface area contributed by atoms with Gasteiger partial charge in [-0.15, -0.1) is 11.6 Å². The van der Waals surface area contributed by atoms with Gasteiger partial charge in [-0.3, -0.25) is 10.1 Å². The fourth-order valence-corrected chi connectivity index (χ4v) is 2.76. The van der Waals surface area contributed by atoms with Gasteiger partial charge in [0.15, 0.2) is 0 Å². The van der Waals surface area contributed by atoms with Gasteiger partial charge in [-0.1, -0.05) is 0 Å². The first-order valence-corrected chi connectivity index (χ1v) is 6.57. The molecule has 1 saturated carbocycles. The molecule has 7 heteroatoms. The number of fused-ring (bicyclic) bond motifs is 1. The molecule has 0 amide bonds. The molecule has 1 aliphatic carbocycles. The molecule has 6 nitrogen and oxygen atoms in total. The Morgan fingerprint density at radius 3 is 3.00 bits per heavy atom. The number of benzene rings is 1. The van der Waals surface area contributed by atoms with E-state index in [1.807, 2.05) is 0 Å². The molecule has 1 aromatic heterocycles. The Hall–Kier alpha value is -1.82. The van der Waals surface area contributed by atoms with Gasteiger partial charge in [0.1, 0.15) is 0 Å². The fraction of sp³-hybridized carbons (Fsp3) is 0.417. The van der Waals surface area contributed by atoms with Crippen molar-refractivity contribution in [3.05, 3.63) is 28.3 Å². The number of hydrogen-bond donors (Lipinski definition) is 2. The van der Waals surface area contributed by atoms with Gasteiger partial charge in [0.05, 0.1) is 16.0 Å². The molecule has 0 radical (unpaired) electrons. The number of aromatic amines is 1. The molecule has 0 atom stereocenters. The number of H-pyrrole nitrogens is 1. The van der Waals surface area contributed by atoms with Gasteiger partial charge in [-0.2, -0.15) is 0 Å². The number of imidazole rings is 1. The number of anilines is 1. The van der Waals surface area contributed by atoms with Crippen LogP contribution in [0.25, 0.3) is 11.0 Å². The second-order valence-corrected chi connectivity index (χ2v) is 5.48. The molecule has 2 N–H and O–H groups in total. The molecule has 1 aliphatic rings. The zero-order valence-corrected chi connectivity index (χ0v) is 10.9. The smallest absolute Gasteiger partial charge is 0.271 e. The number of aromatic nitrogens is 2. The van der Waals surface area contributed by atoms with Crippen LogP contribution in [0.2, 0.25) is 0 Å². The number of alkyl halides is 1. The Morgan fingerprint density at radius 2 is 2.32 bits per heavy atom. The summed E-state index contributed by atoms with van der Waals surface area (Å²) in [5.74, 6) is 1.23. The summed E-state index contributed by atoms with van der Waals surface area (Å²) in [5, 5.41) is 14.2. The van der Waals surface area contributed by atoms with Gasteiger partial charge in [0.2, 0.25) is 5.95 Å². The van der Waals surface area contributed by atoms with Crippen LogP contribution in [0.3, 0.4) is 0 Å². The van der Waals surface area contributed by atoms with E-state index in [2.05, 4.69) is 15.3 Å². The molecule has 3 rings (SSSR count). The normalized spacial score (nSPS) is 22.2. The van der Waals surface area contributed by atoms with Crippen LogP contribution in [0.4, 0.5) is 11.6 Å². The average molecular weight is 281 g/mol. The summed E-state index contributed by atoms with van der Waals surface area (Å²) < 4.78 is 0. The molecule has 0 saturated heterocycles. The molecule has 1 fully saturated rings. The van der Waals surface area contributed by atoms with E-state index in [-0.39, 0.29) is 5.69 Å². The molecule has 0 bridgehead atoms. The molecule has 0 unspecified atom stereocenters. The molecule has 100 valence electrons. The second kappa shape index (κ2) is 4.70. The lowest BCUT2D eigenvalue weighted by Gasteiger charge is -2.30. The lowest BCUT2D eigenvalue weighted by Crippen LogP contribution is -2.30. The Bertz CT molecular complexity index is 621.